The molecule has 0 aliphatic carbocycles. The van der Waals surface area contributed by atoms with Crippen molar-refractivity contribution in [3.8, 4) is 0 Å². The van der Waals surface area contributed by atoms with Gasteiger partial charge in [0.05, 0.1) is 6.10 Å². The SMILES string of the molecule is CNC(C)c1cc(F)c(C)cc1SC1CCOC1C. The first-order chi connectivity index (χ1) is 9.02. The summed E-state index contributed by atoms with van der Waals surface area (Å²) in [7, 11) is 1.90. The monoisotopic (exact) mass is 283 g/mol. The summed E-state index contributed by atoms with van der Waals surface area (Å²) in [5.74, 6) is -0.128. The van der Waals surface area contributed by atoms with E-state index in [1.165, 1.54) is 4.90 Å². The first-order valence-electron chi connectivity index (χ1n) is 6.78. The van der Waals surface area contributed by atoms with Crippen LogP contribution in [-0.4, -0.2) is 25.0 Å². The number of benzene rings is 1. The first-order valence-corrected chi connectivity index (χ1v) is 7.66. The Hall–Kier alpha value is -0.580. The molecule has 1 aromatic rings. The van der Waals surface area contributed by atoms with Gasteiger partial charge in [0.15, 0.2) is 0 Å². The predicted octanol–water partition coefficient (Wildman–Crippen LogP) is 3.68. The van der Waals surface area contributed by atoms with Crippen LogP contribution in [0.4, 0.5) is 4.39 Å². The molecule has 0 spiro atoms. The second-order valence-corrected chi connectivity index (χ2v) is 6.45. The molecule has 0 saturated carbocycles. The minimum atomic E-state index is -0.128. The van der Waals surface area contributed by atoms with Crippen LogP contribution >= 0.6 is 11.8 Å². The maximum Gasteiger partial charge on any atom is 0.126 e. The van der Waals surface area contributed by atoms with Gasteiger partial charge in [-0.2, -0.15) is 0 Å². The lowest BCUT2D eigenvalue weighted by atomic mass is 10.1. The fraction of sp³-hybridized carbons (Fsp3) is 0.600. The van der Waals surface area contributed by atoms with Gasteiger partial charge in [0.25, 0.3) is 0 Å². The Morgan fingerprint density at radius 1 is 1.47 bits per heavy atom. The molecule has 1 fully saturated rings. The van der Waals surface area contributed by atoms with E-state index in [1.807, 2.05) is 31.8 Å². The number of aryl methyl sites for hydroxylation is 1. The third-order valence-electron chi connectivity index (χ3n) is 3.78. The minimum Gasteiger partial charge on any atom is -0.377 e. The van der Waals surface area contributed by atoms with Crippen LogP contribution < -0.4 is 5.32 Å². The van der Waals surface area contributed by atoms with Crippen molar-refractivity contribution in [1.82, 2.24) is 5.32 Å². The summed E-state index contributed by atoms with van der Waals surface area (Å²) >= 11 is 1.82. The van der Waals surface area contributed by atoms with E-state index >= 15 is 0 Å². The Labute approximate surface area is 119 Å². The second kappa shape index (κ2) is 6.25. The zero-order valence-electron chi connectivity index (χ0n) is 12.0. The van der Waals surface area contributed by atoms with Crippen molar-refractivity contribution in [2.75, 3.05) is 13.7 Å². The summed E-state index contributed by atoms with van der Waals surface area (Å²) in [4.78, 5) is 1.17. The Bertz CT molecular complexity index is 452. The Balaban J connectivity index is 2.29. The molecule has 2 rings (SSSR count). The molecule has 1 heterocycles. The molecule has 1 aliphatic heterocycles. The van der Waals surface area contributed by atoms with Gasteiger partial charge in [0.2, 0.25) is 0 Å². The fourth-order valence-corrected chi connectivity index (χ4v) is 3.72. The first kappa shape index (κ1) is 14.8. The molecule has 0 radical (unpaired) electrons. The molecule has 1 aliphatic rings. The van der Waals surface area contributed by atoms with Crippen molar-refractivity contribution >= 4 is 11.8 Å². The topological polar surface area (TPSA) is 21.3 Å². The highest BCUT2D eigenvalue weighted by Gasteiger charge is 2.26. The van der Waals surface area contributed by atoms with Gasteiger partial charge in [-0.1, -0.05) is 0 Å². The number of halogens is 1. The summed E-state index contributed by atoms with van der Waals surface area (Å²) in [6, 6.07) is 3.78. The molecule has 4 heteroatoms. The highest BCUT2D eigenvalue weighted by Crippen LogP contribution is 2.37. The molecule has 2 nitrogen and oxygen atoms in total. The molecule has 1 N–H and O–H groups in total. The van der Waals surface area contributed by atoms with Crippen LogP contribution in [-0.2, 0) is 4.74 Å². The van der Waals surface area contributed by atoms with E-state index in [1.54, 1.807) is 6.07 Å². The number of nitrogens with one attached hydrogen (secondary N) is 1. The van der Waals surface area contributed by atoms with Crippen molar-refractivity contribution in [2.24, 2.45) is 0 Å². The van der Waals surface area contributed by atoms with E-state index in [9.17, 15) is 4.39 Å². The average Bonchev–Trinajstić information content (AvgIpc) is 2.78. The zero-order valence-corrected chi connectivity index (χ0v) is 12.8. The van der Waals surface area contributed by atoms with Crippen LogP contribution in [0.2, 0.25) is 0 Å². The van der Waals surface area contributed by atoms with E-state index in [4.69, 9.17) is 4.74 Å². The Morgan fingerprint density at radius 2 is 2.21 bits per heavy atom. The lowest BCUT2D eigenvalue weighted by Crippen LogP contribution is -2.17. The zero-order chi connectivity index (χ0) is 14.0. The van der Waals surface area contributed by atoms with Gasteiger partial charge in [-0.15, -0.1) is 11.8 Å². The standard InChI is InChI=1S/C15H22FNOS/c1-9-7-15(19-14-5-6-18-11(14)3)12(8-13(9)16)10(2)17-4/h7-8,10-11,14,17H,5-6H2,1-4H3. The lowest BCUT2D eigenvalue weighted by molar-refractivity contribution is 0.127. The molecule has 3 unspecified atom stereocenters. The second-order valence-electron chi connectivity index (χ2n) is 5.17. The van der Waals surface area contributed by atoms with Crippen molar-refractivity contribution in [2.45, 2.75) is 49.5 Å². The number of rotatable bonds is 4. The van der Waals surface area contributed by atoms with Crippen molar-refractivity contribution < 1.29 is 9.13 Å². The van der Waals surface area contributed by atoms with Gasteiger partial charge in [0, 0.05) is 22.8 Å². The molecule has 3 atom stereocenters. The van der Waals surface area contributed by atoms with Crippen LogP contribution in [0.1, 0.15) is 37.4 Å². The summed E-state index contributed by atoms with van der Waals surface area (Å²) in [6.45, 7) is 6.82. The molecule has 19 heavy (non-hydrogen) atoms. The maximum atomic E-state index is 13.8. The molecule has 1 saturated heterocycles. The third kappa shape index (κ3) is 3.30. The molecule has 1 aromatic carbocycles. The summed E-state index contributed by atoms with van der Waals surface area (Å²) in [6.07, 6.45) is 1.34. The van der Waals surface area contributed by atoms with Crippen molar-refractivity contribution in [3.63, 3.8) is 0 Å². The van der Waals surface area contributed by atoms with E-state index in [-0.39, 0.29) is 18.0 Å². The van der Waals surface area contributed by atoms with Crippen LogP contribution in [0.5, 0.6) is 0 Å². The third-order valence-corrected chi connectivity index (χ3v) is 5.30. The summed E-state index contributed by atoms with van der Waals surface area (Å²) < 4.78 is 19.4. The molecule has 0 aromatic heterocycles. The Kier molecular flexibility index (Phi) is 4.87. The van der Waals surface area contributed by atoms with Crippen LogP contribution in [0.15, 0.2) is 17.0 Å². The molecular weight excluding hydrogens is 261 g/mol. The predicted molar refractivity (Wildman–Crippen MR) is 78.3 cm³/mol. The normalized spacial score (nSPS) is 24.7. The van der Waals surface area contributed by atoms with Gasteiger partial charge in [-0.3, -0.25) is 0 Å². The van der Waals surface area contributed by atoms with E-state index in [2.05, 4.69) is 19.2 Å². The van der Waals surface area contributed by atoms with Crippen LogP contribution in [0.25, 0.3) is 0 Å². The van der Waals surface area contributed by atoms with E-state index in [0.717, 1.165) is 18.6 Å². The largest absolute Gasteiger partial charge is 0.377 e. The van der Waals surface area contributed by atoms with Gasteiger partial charge < -0.3 is 10.1 Å². The maximum absolute atomic E-state index is 13.8. The fourth-order valence-electron chi connectivity index (χ4n) is 2.30. The van der Waals surface area contributed by atoms with Gasteiger partial charge in [-0.05, 0) is 57.5 Å². The van der Waals surface area contributed by atoms with Gasteiger partial charge in [0.1, 0.15) is 5.82 Å². The van der Waals surface area contributed by atoms with Gasteiger partial charge >= 0.3 is 0 Å². The summed E-state index contributed by atoms with van der Waals surface area (Å²) in [5, 5.41) is 3.66. The highest BCUT2D eigenvalue weighted by molar-refractivity contribution is 8.00. The molecule has 106 valence electrons. The lowest BCUT2D eigenvalue weighted by Gasteiger charge is -2.20. The quantitative estimate of drug-likeness (QED) is 0.910. The van der Waals surface area contributed by atoms with Crippen LogP contribution in [0, 0.1) is 12.7 Å². The molecular formula is C15H22FNOS. The average molecular weight is 283 g/mol. The van der Waals surface area contributed by atoms with Gasteiger partial charge in [-0.25, -0.2) is 4.39 Å². The van der Waals surface area contributed by atoms with Crippen molar-refractivity contribution in [3.05, 3.63) is 29.1 Å². The van der Waals surface area contributed by atoms with Crippen molar-refractivity contribution in [1.29, 1.82) is 0 Å². The smallest absolute Gasteiger partial charge is 0.126 e. The minimum absolute atomic E-state index is 0.128. The van der Waals surface area contributed by atoms with E-state index in [0.29, 0.717) is 10.8 Å². The Morgan fingerprint density at radius 3 is 2.79 bits per heavy atom. The van der Waals surface area contributed by atoms with Crippen LogP contribution in [0.3, 0.4) is 0 Å². The summed E-state index contributed by atoms with van der Waals surface area (Å²) in [5.41, 5.74) is 1.75. The number of thioether (sulfide) groups is 1. The molecule has 0 amide bonds. The number of hydrogen-bond donors (Lipinski definition) is 1. The number of hydrogen-bond acceptors (Lipinski definition) is 3. The number of ether oxygens (including phenoxy) is 1. The van der Waals surface area contributed by atoms with E-state index < -0.39 is 0 Å². The molecule has 0 bridgehead atoms. The highest BCUT2D eigenvalue weighted by atomic mass is 32.2.